The molecule has 0 aliphatic carbocycles. The third kappa shape index (κ3) is 3.50. The van der Waals surface area contributed by atoms with E-state index in [0.29, 0.717) is 9.23 Å². The lowest BCUT2D eigenvalue weighted by Crippen LogP contribution is -2.28. The van der Waals surface area contributed by atoms with Gasteiger partial charge in [-0.3, -0.25) is 9.69 Å². The quantitative estimate of drug-likeness (QED) is 0.483. The largest absolute Gasteiger partial charge is 0.270 e. The van der Waals surface area contributed by atoms with Crippen LogP contribution in [-0.2, 0) is 4.79 Å². The number of allylic oxidation sites excluding steroid dienone is 2. The number of rotatable bonds is 3. The third-order valence-corrected chi connectivity index (χ3v) is 5.36. The van der Waals surface area contributed by atoms with Gasteiger partial charge in [-0.05, 0) is 29.8 Å². The maximum Gasteiger partial charge on any atom is 0.270 e. The summed E-state index contributed by atoms with van der Waals surface area (Å²) in [6.07, 6.45) is 3.49. The molecule has 6 heteroatoms. The first kappa shape index (κ1) is 17.1. The second kappa shape index (κ2) is 7.42. The summed E-state index contributed by atoms with van der Waals surface area (Å²) in [7, 11) is 0. The van der Waals surface area contributed by atoms with Crippen LogP contribution in [0.2, 0.25) is 0 Å². The van der Waals surface area contributed by atoms with Gasteiger partial charge in [0.05, 0.1) is 10.6 Å². The van der Waals surface area contributed by atoms with Gasteiger partial charge in [-0.2, -0.15) is 0 Å². The number of nitrogens with zero attached hydrogens (tertiary/aromatic N) is 1. The van der Waals surface area contributed by atoms with E-state index in [-0.39, 0.29) is 11.6 Å². The van der Waals surface area contributed by atoms with Gasteiger partial charge in [-0.1, -0.05) is 82.4 Å². The van der Waals surface area contributed by atoms with Crippen molar-refractivity contribution in [2.75, 3.05) is 4.90 Å². The van der Waals surface area contributed by atoms with Crippen LogP contribution in [0.3, 0.4) is 0 Å². The van der Waals surface area contributed by atoms with Crippen LogP contribution in [0.1, 0.15) is 5.56 Å². The Morgan fingerprint density at radius 2 is 1.79 bits per heavy atom. The van der Waals surface area contributed by atoms with Crippen molar-refractivity contribution in [1.82, 2.24) is 0 Å². The molecule has 1 amide bonds. The first-order valence-electron chi connectivity index (χ1n) is 7.01. The second-order valence-corrected chi connectivity index (χ2v) is 7.40. The minimum Gasteiger partial charge on any atom is -0.268 e. The Morgan fingerprint density at radius 1 is 1.12 bits per heavy atom. The van der Waals surface area contributed by atoms with E-state index in [1.54, 1.807) is 30.4 Å². The van der Waals surface area contributed by atoms with E-state index in [0.717, 1.165) is 21.8 Å². The molecule has 0 unspecified atom stereocenters. The van der Waals surface area contributed by atoms with Gasteiger partial charge in [0, 0.05) is 4.48 Å². The molecule has 2 aromatic rings. The van der Waals surface area contributed by atoms with Gasteiger partial charge in [0.15, 0.2) is 4.32 Å². The normalized spacial score (nSPS) is 17.0. The maximum absolute atomic E-state index is 13.9. The number of halogens is 2. The van der Waals surface area contributed by atoms with Gasteiger partial charge in [0.25, 0.3) is 5.91 Å². The molecule has 0 aromatic heterocycles. The molecule has 1 heterocycles. The first-order valence-corrected chi connectivity index (χ1v) is 9.03. The van der Waals surface area contributed by atoms with Gasteiger partial charge in [-0.15, -0.1) is 0 Å². The molecular formula is C18H11BrFNOS2. The summed E-state index contributed by atoms with van der Waals surface area (Å²) in [5, 5.41) is 0. The number of benzene rings is 2. The zero-order valence-corrected chi connectivity index (χ0v) is 15.5. The number of thiocarbonyl (C=S) groups is 1. The summed E-state index contributed by atoms with van der Waals surface area (Å²) >= 11 is 9.89. The zero-order chi connectivity index (χ0) is 17.1. The molecule has 2 nitrogen and oxygen atoms in total. The number of hydrogen-bond donors (Lipinski definition) is 0. The molecule has 0 saturated carbocycles. The molecule has 1 aliphatic heterocycles. The van der Waals surface area contributed by atoms with E-state index in [1.165, 1.54) is 11.0 Å². The molecule has 0 atom stereocenters. The highest BCUT2D eigenvalue weighted by Crippen LogP contribution is 2.36. The first-order chi connectivity index (χ1) is 11.6. The monoisotopic (exact) mass is 419 g/mol. The van der Waals surface area contributed by atoms with Crippen molar-refractivity contribution >= 4 is 60.3 Å². The van der Waals surface area contributed by atoms with Gasteiger partial charge < -0.3 is 0 Å². The van der Waals surface area contributed by atoms with Crippen LogP contribution < -0.4 is 4.90 Å². The number of thioether (sulfide) groups is 1. The highest BCUT2D eigenvalue weighted by atomic mass is 79.9. The van der Waals surface area contributed by atoms with E-state index < -0.39 is 5.82 Å². The fourth-order valence-electron chi connectivity index (χ4n) is 2.17. The Morgan fingerprint density at radius 3 is 2.50 bits per heavy atom. The lowest BCUT2D eigenvalue weighted by molar-refractivity contribution is -0.113. The van der Waals surface area contributed by atoms with Gasteiger partial charge in [0.1, 0.15) is 5.82 Å². The summed E-state index contributed by atoms with van der Waals surface area (Å²) in [5.74, 6) is -0.796. The van der Waals surface area contributed by atoms with Gasteiger partial charge in [-0.25, -0.2) is 4.39 Å². The van der Waals surface area contributed by atoms with Crippen LogP contribution in [0, 0.1) is 5.82 Å². The fraction of sp³-hybridized carbons (Fsp3) is 0. The van der Waals surface area contributed by atoms with Crippen LogP contribution in [0.4, 0.5) is 10.1 Å². The zero-order valence-electron chi connectivity index (χ0n) is 12.3. The minimum atomic E-state index is -0.476. The van der Waals surface area contributed by atoms with Crippen molar-refractivity contribution in [2.45, 2.75) is 0 Å². The molecule has 2 aromatic carbocycles. The average molecular weight is 420 g/mol. The van der Waals surface area contributed by atoms with Gasteiger partial charge >= 0.3 is 0 Å². The predicted molar refractivity (Wildman–Crippen MR) is 106 cm³/mol. The lowest BCUT2D eigenvalue weighted by Gasteiger charge is -2.14. The fourth-order valence-corrected chi connectivity index (χ4v) is 3.79. The molecule has 0 N–H and O–H groups in total. The van der Waals surface area contributed by atoms with Crippen molar-refractivity contribution in [3.8, 4) is 0 Å². The maximum atomic E-state index is 13.9. The number of para-hydroxylation sites is 1. The Hall–Kier alpha value is -1.76. The number of hydrogen-bond acceptors (Lipinski definition) is 3. The molecule has 3 rings (SSSR count). The second-order valence-electron chi connectivity index (χ2n) is 4.87. The Labute approximate surface area is 157 Å². The summed E-state index contributed by atoms with van der Waals surface area (Å²) < 4.78 is 15.1. The van der Waals surface area contributed by atoms with E-state index in [4.69, 9.17) is 12.2 Å². The van der Waals surface area contributed by atoms with E-state index in [1.807, 2.05) is 30.3 Å². The molecule has 1 saturated heterocycles. The summed E-state index contributed by atoms with van der Waals surface area (Å²) in [4.78, 5) is 14.2. The molecule has 0 radical (unpaired) electrons. The van der Waals surface area contributed by atoms with Gasteiger partial charge in [0.2, 0.25) is 0 Å². The minimum absolute atomic E-state index is 0.175. The summed E-state index contributed by atoms with van der Waals surface area (Å²) in [6.45, 7) is 0. The van der Waals surface area contributed by atoms with Crippen molar-refractivity contribution in [3.63, 3.8) is 0 Å². The van der Waals surface area contributed by atoms with Crippen molar-refractivity contribution < 1.29 is 9.18 Å². The Kier molecular flexibility index (Phi) is 5.28. The number of carbonyl (C=O) groups excluding carboxylic acids is 1. The SMILES string of the molecule is O=C1C(=CC=C(Br)c2ccccc2)SC(=S)N1c1ccccc1F. The number of carbonyl (C=O) groups is 1. The number of amides is 1. The van der Waals surface area contributed by atoms with E-state index in [2.05, 4.69) is 15.9 Å². The molecule has 24 heavy (non-hydrogen) atoms. The summed E-state index contributed by atoms with van der Waals surface area (Å²) in [6, 6.07) is 15.8. The Balaban J connectivity index is 1.88. The summed E-state index contributed by atoms with van der Waals surface area (Å²) in [5.41, 5.74) is 1.17. The standard InChI is InChI=1S/C18H11BrFNOS2/c19-13(12-6-2-1-3-7-12)10-11-16-17(22)21(18(23)24-16)15-9-5-4-8-14(15)20/h1-11H. The van der Waals surface area contributed by atoms with Crippen LogP contribution >= 0.6 is 39.9 Å². The van der Waals surface area contributed by atoms with E-state index in [9.17, 15) is 9.18 Å². The van der Waals surface area contributed by atoms with Crippen LogP contribution in [-0.4, -0.2) is 10.2 Å². The molecule has 1 fully saturated rings. The van der Waals surface area contributed by atoms with E-state index >= 15 is 0 Å². The molecular weight excluding hydrogens is 409 g/mol. The van der Waals surface area contributed by atoms with Crippen LogP contribution in [0.5, 0.6) is 0 Å². The molecule has 1 aliphatic rings. The molecule has 0 bridgehead atoms. The highest BCUT2D eigenvalue weighted by molar-refractivity contribution is 9.15. The predicted octanol–water partition coefficient (Wildman–Crippen LogP) is 5.51. The van der Waals surface area contributed by atoms with Crippen molar-refractivity contribution in [3.05, 3.63) is 83.0 Å². The average Bonchev–Trinajstić information content (AvgIpc) is 2.88. The topological polar surface area (TPSA) is 20.3 Å². The lowest BCUT2D eigenvalue weighted by atomic mass is 10.2. The molecule has 0 spiro atoms. The third-order valence-electron chi connectivity index (χ3n) is 3.32. The van der Waals surface area contributed by atoms with Crippen molar-refractivity contribution in [2.24, 2.45) is 0 Å². The van der Waals surface area contributed by atoms with Crippen LogP contribution in [0.25, 0.3) is 4.48 Å². The Bertz CT molecular complexity index is 864. The molecule has 120 valence electrons. The van der Waals surface area contributed by atoms with Crippen molar-refractivity contribution in [1.29, 1.82) is 0 Å². The smallest absolute Gasteiger partial charge is 0.268 e. The highest BCUT2D eigenvalue weighted by Gasteiger charge is 2.34. The number of anilines is 1. The van der Waals surface area contributed by atoms with Crippen LogP contribution in [0.15, 0.2) is 71.7 Å².